The Kier molecular flexibility index (Phi) is 5.21. The highest BCUT2D eigenvalue weighted by atomic mass is 32.2. The van der Waals surface area contributed by atoms with Crippen LogP contribution in [0, 0.1) is 11.7 Å². The van der Waals surface area contributed by atoms with Gasteiger partial charge in [-0.1, -0.05) is 32.0 Å². The van der Waals surface area contributed by atoms with Gasteiger partial charge in [-0.05, 0) is 24.8 Å². The van der Waals surface area contributed by atoms with E-state index in [1.807, 2.05) is 6.92 Å². The fraction of sp³-hybridized carbons (Fsp3) is 0.562. The Labute approximate surface area is 131 Å². The van der Waals surface area contributed by atoms with E-state index in [1.165, 1.54) is 11.0 Å². The fourth-order valence-corrected chi connectivity index (χ4v) is 4.32. The molecule has 2 atom stereocenters. The lowest BCUT2D eigenvalue weighted by atomic mass is 10.0. The summed E-state index contributed by atoms with van der Waals surface area (Å²) >= 11 is 0. The van der Waals surface area contributed by atoms with E-state index in [2.05, 4.69) is 0 Å². The van der Waals surface area contributed by atoms with Crippen molar-refractivity contribution >= 4 is 15.7 Å². The Morgan fingerprint density at radius 2 is 2.05 bits per heavy atom. The molecule has 0 unspecified atom stereocenters. The number of hydrogen-bond donors (Lipinski definition) is 0. The van der Waals surface area contributed by atoms with Crippen LogP contribution in [0.5, 0.6) is 0 Å². The quantitative estimate of drug-likeness (QED) is 0.835. The summed E-state index contributed by atoms with van der Waals surface area (Å²) in [5.74, 6) is -1.03. The highest BCUT2D eigenvalue weighted by Gasteiger charge is 2.36. The van der Waals surface area contributed by atoms with E-state index >= 15 is 0 Å². The minimum atomic E-state index is -3.39. The number of nitrogens with zero attached hydrogens (tertiary/aromatic N) is 1. The Bertz CT molecular complexity index is 645. The van der Waals surface area contributed by atoms with Crippen molar-refractivity contribution in [3.63, 3.8) is 0 Å². The predicted molar refractivity (Wildman–Crippen MR) is 83.6 cm³/mol. The molecule has 1 saturated heterocycles. The predicted octanol–water partition coefficient (Wildman–Crippen LogP) is 2.56. The van der Waals surface area contributed by atoms with E-state index in [4.69, 9.17) is 0 Å². The van der Waals surface area contributed by atoms with Gasteiger partial charge in [-0.25, -0.2) is 12.8 Å². The van der Waals surface area contributed by atoms with Gasteiger partial charge in [0.1, 0.15) is 11.6 Å². The second-order valence-corrected chi connectivity index (χ2v) is 8.20. The van der Waals surface area contributed by atoms with Crippen LogP contribution in [-0.2, 0) is 14.6 Å². The van der Waals surface area contributed by atoms with Gasteiger partial charge in [-0.2, -0.15) is 0 Å². The summed E-state index contributed by atoms with van der Waals surface area (Å²) in [5, 5.41) is 0. The third kappa shape index (κ3) is 3.85. The summed E-state index contributed by atoms with van der Waals surface area (Å²) < 4.78 is 37.7. The molecule has 0 aliphatic carbocycles. The molecule has 1 fully saturated rings. The molecule has 1 amide bonds. The SMILES string of the molecule is CCCS(=O)(=O)CC(=O)N1C[C@H](C)C[C@@H]1c1ccccc1F. The van der Waals surface area contributed by atoms with Crippen molar-refractivity contribution in [1.82, 2.24) is 4.90 Å². The van der Waals surface area contributed by atoms with Crippen LogP contribution in [-0.4, -0.2) is 37.3 Å². The number of carbonyl (C=O) groups is 1. The van der Waals surface area contributed by atoms with Crippen molar-refractivity contribution in [2.75, 3.05) is 18.1 Å². The summed E-state index contributed by atoms with van der Waals surface area (Å²) in [6, 6.07) is 6.00. The topological polar surface area (TPSA) is 54.5 Å². The molecule has 122 valence electrons. The van der Waals surface area contributed by atoms with Gasteiger partial charge in [-0.3, -0.25) is 4.79 Å². The average Bonchev–Trinajstić information content (AvgIpc) is 2.80. The van der Waals surface area contributed by atoms with Gasteiger partial charge >= 0.3 is 0 Å². The van der Waals surface area contributed by atoms with Crippen LogP contribution in [0.2, 0.25) is 0 Å². The molecule has 6 heteroatoms. The lowest BCUT2D eigenvalue weighted by Gasteiger charge is -2.25. The van der Waals surface area contributed by atoms with E-state index in [9.17, 15) is 17.6 Å². The Morgan fingerprint density at radius 3 is 2.68 bits per heavy atom. The van der Waals surface area contributed by atoms with E-state index in [0.717, 1.165) is 0 Å². The maximum Gasteiger partial charge on any atom is 0.238 e. The van der Waals surface area contributed by atoms with E-state index < -0.39 is 21.5 Å². The van der Waals surface area contributed by atoms with E-state index in [0.29, 0.717) is 24.9 Å². The monoisotopic (exact) mass is 327 g/mol. The lowest BCUT2D eigenvalue weighted by Crippen LogP contribution is -2.36. The van der Waals surface area contributed by atoms with Gasteiger partial charge in [0.05, 0.1) is 11.8 Å². The smallest absolute Gasteiger partial charge is 0.238 e. The second kappa shape index (κ2) is 6.77. The van der Waals surface area contributed by atoms with Gasteiger partial charge in [0.15, 0.2) is 9.84 Å². The molecule has 0 bridgehead atoms. The number of amides is 1. The fourth-order valence-electron chi connectivity index (χ4n) is 3.02. The molecular weight excluding hydrogens is 305 g/mol. The normalized spacial score (nSPS) is 22.0. The molecule has 0 N–H and O–H groups in total. The molecule has 22 heavy (non-hydrogen) atoms. The number of likely N-dealkylation sites (tertiary alicyclic amines) is 1. The molecule has 1 heterocycles. The molecule has 1 aromatic rings. The first kappa shape index (κ1) is 16.9. The van der Waals surface area contributed by atoms with E-state index in [1.54, 1.807) is 25.1 Å². The summed E-state index contributed by atoms with van der Waals surface area (Å²) in [6.07, 6.45) is 1.14. The van der Waals surface area contributed by atoms with Crippen molar-refractivity contribution < 1.29 is 17.6 Å². The molecule has 4 nitrogen and oxygen atoms in total. The second-order valence-electron chi connectivity index (χ2n) is 6.02. The molecule has 1 aromatic carbocycles. The summed E-state index contributed by atoms with van der Waals surface area (Å²) in [5.41, 5.74) is 0.466. The van der Waals surface area contributed by atoms with Gasteiger partial charge in [-0.15, -0.1) is 0 Å². The highest BCUT2D eigenvalue weighted by Crippen LogP contribution is 2.36. The molecule has 0 radical (unpaired) electrons. The Morgan fingerprint density at radius 1 is 1.36 bits per heavy atom. The third-order valence-corrected chi connectivity index (χ3v) is 5.67. The molecule has 1 aliphatic heterocycles. The van der Waals surface area contributed by atoms with Gasteiger partial charge in [0, 0.05) is 12.1 Å². The average molecular weight is 327 g/mol. The molecule has 0 saturated carbocycles. The van der Waals surface area contributed by atoms with Crippen LogP contribution in [0.1, 0.15) is 38.3 Å². The third-order valence-electron chi connectivity index (χ3n) is 3.95. The van der Waals surface area contributed by atoms with Crippen LogP contribution >= 0.6 is 0 Å². The van der Waals surface area contributed by atoms with Crippen LogP contribution < -0.4 is 0 Å². The number of sulfone groups is 1. The maximum atomic E-state index is 14.0. The van der Waals surface area contributed by atoms with Crippen molar-refractivity contribution in [3.8, 4) is 0 Å². The van der Waals surface area contributed by atoms with Gasteiger partial charge < -0.3 is 4.90 Å². The number of carbonyl (C=O) groups excluding carboxylic acids is 1. The largest absolute Gasteiger partial charge is 0.334 e. The van der Waals surface area contributed by atoms with Crippen molar-refractivity contribution in [3.05, 3.63) is 35.6 Å². The standard InChI is InChI=1S/C16H22FNO3S/c1-3-8-22(20,21)11-16(19)18-10-12(2)9-15(18)13-6-4-5-7-14(13)17/h4-7,12,15H,3,8-11H2,1-2H3/t12-,15-/m1/s1. The first-order valence-electron chi connectivity index (χ1n) is 7.58. The Balaban J connectivity index is 2.21. The first-order chi connectivity index (χ1) is 10.3. The van der Waals surface area contributed by atoms with Crippen LogP contribution in [0.15, 0.2) is 24.3 Å². The minimum Gasteiger partial charge on any atom is -0.334 e. The zero-order valence-corrected chi connectivity index (χ0v) is 13.8. The molecule has 0 spiro atoms. The first-order valence-corrected chi connectivity index (χ1v) is 9.40. The molecule has 0 aromatic heterocycles. The van der Waals surface area contributed by atoms with Crippen LogP contribution in [0.4, 0.5) is 4.39 Å². The highest BCUT2D eigenvalue weighted by molar-refractivity contribution is 7.92. The lowest BCUT2D eigenvalue weighted by molar-refractivity contribution is -0.129. The Hall–Kier alpha value is -1.43. The number of rotatable bonds is 5. The van der Waals surface area contributed by atoms with Crippen molar-refractivity contribution in [1.29, 1.82) is 0 Å². The van der Waals surface area contributed by atoms with Crippen molar-refractivity contribution in [2.45, 2.75) is 32.7 Å². The summed E-state index contributed by atoms with van der Waals surface area (Å²) in [4.78, 5) is 13.9. The van der Waals surface area contributed by atoms with Crippen LogP contribution in [0.25, 0.3) is 0 Å². The van der Waals surface area contributed by atoms with Gasteiger partial charge in [0.2, 0.25) is 5.91 Å². The number of hydrogen-bond acceptors (Lipinski definition) is 3. The minimum absolute atomic E-state index is 0.00645. The molecule has 1 aliphatic rings. The van der Waals surface area contributed by atoms with Crippen LogP contribution in [0.3, 0.4) is 0 Å². The van der Waals surface area contributed by atoms with Gasteiger partial charge in [0.25, 0.3) is 0 Å². The summed E-state index contributed by atoms with van der Waals surface area (Å²) in [7, 11) is -3.39. The molecular formula is C16H22FNO3S. The zero-order chi connectivity index (χ0) is 16.3. The number of benzene rings is 1. The van der Waals surface area contributed by atoms with Crippen molar-refractivity contribution in [2.24, 2.45) is 5.92 Å². The number of halogens is 1. The van der Waals surface area contributed by atoms with E-state index in [-0.39, 0.29) is 23.5 Å². The molecule has 2 rings (SSSR count). The summed E-state index contributed by atoms with van der Waals surface area (Å²) in [6.45, 7) is 4.23. The maximum absolute atomic E-state index is 14.0. The zero-order valence-electron chi connectivity index (χ0n) is 13.0.